The fourth-order valence-electron chi connectivity index (χ4n) is 1.75. The van der Waals surface area contributed by atoms with Gasteiger partial charge in [-0.25, -0.2) is 0 Å². The maximum absolute atomic E-state index is 14.4. The van der Waals surface area contributed by atoms with E-state index in [1.54, 1.807) is 6.07 Å². The van der Waals surface area contributed by atoms with Crippen molar-refractivity contribution in [3.8, 4) is 0 Å². The number of anilines is 1. The van der Waals surface area contributed by atoms with Crippen molar-refractivity contribution in [3.05, 3.63) is 42.0 Å². The van der Waals surface area contributed by atoms with E-state index in [-0.39, 0.29) is 11.5 Å². The van der Waals surface area contributed by atoms with Gasteiger partial charge >= 0.3 is 5.92 Å². The van der Waals surface area contributed by atoms with Crippen molar-refractivity contribution in [2.45, 2.75) is 5.92 Å². The highest BCUT2D eigenvalue weighted by molar-refractivity contribution is 6.32. The van der Waals surface area contributed by atoms with Crippen LogP contribution in [0.3, 0.4) is 0 Å². The lowest BCUT2D eigenvalue weighted by Crippen LogP contribution is -2.22. The standard InChI is InChI=1S/C11H7BF2N6/c12-6-1-4-9-18-19-10(20(9)5-6)11(13,14)7-2-3-8(15)17-16-7/h1-5H,(H2,15,17). The smallest absolute Gasteiger partial charge is 0.350 e. The Balaban J connectivity index is 2.17. The molecule has 0 aliphatic rings. The SMILES string of the molecule is [B]c1ccc2nnc(C(F)(F)c3ccc(N)nn3)n2c1. The van der Waals surface area contributed by atoms with Crippen molar-refractivity contribution in [1.82, 2.24) is 24.8 Å². The van der Waals surface area contributed by atoms with Crippen molar-refractivity contribution in [2.24, 2.45) is 0 Å². The predicted molar refractivity (Wildman–Crippen MR) is 67.8 cm³/mol. The Kier molecular flexibility index (Phi) is 2.63. The number of halogens is 2. The third kappa shape index (κ3) is 1.87. The summed E-state index contributed by atoms with van der Waals surface area (Å²) < 4.78 is 29.9. The second-order valence-electron chi connectivity index (χ2n) is 4.13. The molecule has 2 radical (unpaired) electrons. The van der Waals surface area contributed by atoms with Crippen LogP contribution >= 0.6 is 0 Å². The van der Waals surface area contributed by atoms with Crippen molar-refractivity contribution < 1.29 is 8.78 Å². The number of hydrogen-bond acceptors (Lipinski definition) is 5. The first-order chi connectivity index (χ1) is 9.48. The molecule has 20 heavy (non-hydrogen) atoms. The fourth-order valence-corrected chi connectivity index (χ4v) is 1.75. The van der Waals surface area contributed by atoms with Crippen molar-refractivity contribution in [1.29, 1.82) is 0 Å². The van der Waals surface area contributed by atoms with E-state index >= 15 is 0 Å². The maximum atomic E-state index is 14.4. The first-order valence-electron chi connectivity index (χ1n) is 5.57. The molecule has 0 saturated heterocycles. The van der Waals surface area contributed by atoms with Crippen LogP contribution < -0.4 is 11.2 Å². The highest BCUT2D eigenvalue weighted by Crippen LogP contribution is 2.32. The summed E-state index contributed by atoms with van der Waals surface area (Å²) in [6.07, 6.45) is 1.32. The second kappa shape index (κ2) is 4.22. The van der Waals surface area contributed by atoms with E-state index in [1.165, 1.54) is 18.3 Å². The Bertz CT molecular complexity index is 770. The van der Waals surface area contributed by atoms with Gasteiger partial charge in [-0.05, 0) is 18.2 Å². The van der Waals surface area contributed by atoms with Crippen LogP contribution in [0, 0.1) is 0 Å². The number of aromatic nitrogens is 5. The maximum Gasteiger partial charge on any atom is 0.350 e. The molecule has 0 unspecified atom stereocenters. The summed E-state index contributed by atoms with van der Waals surface area (Å²) in [5.74, 6) is -3.99. The Morgan fingerprint density at radius 1 is 1.05 bits per heavy atom. The van der Waals surface area contributed by atoms with Crippen LogP contribution in [0.1, 0.15) is 11.5 Å². The molecule has 9 heteroatoms. The Labute approximate surface area is 113 Å². The largest absolute Gasteiger partial charge is 0.382 e. The van der Waals surface area contributed by atoms with Crippen molar-refractivity contribution >= 4 is 24.8 Å². The molecule has 0 spiro atoms. The zero-order valence-corrected chi connectivity index (χ0v) is 10.0. The number of hydrogen-bond donors (Lipinski definition) is 1. The lowest BCUT2D eigenvalue weighted by atomic mass is 9.99. The molecular weight excluding hydrogens is 265 g/mol. The molecule has 2 N–H and O–H groups in total. The molecule has 0 aliphatic heterocycles. The zero-order valence-electron chi connectivity index (χ0n) is 10.0. The van der Waals surface area contributed by atoms with Crippen LogP contribution in [0.25, 0.3) is 5.65 Å². The molecule has 0 fully saturated rings. The van der Waals surface area contributed by atoms with Crippen LogP contribution in [0.5, 0.6) is 0 Å². The van der Waals surface area contributed by atoms with Gasteiger partial charge < -0.3 is 5.73 Å². The van der Waals surface area contributed by atoms with Crippen LogP contribution in [-0.4, -0.2) is 32.6 Å². The molecule has 6 nitrogen and oxygen atoms in total. The molecule has 3 aromatic heterocycles. The average Bonchev–Trinajstić information content (AvgIpc) is 2.82. The number of alkyl halides is 2. The van der Waals surface area contributed by atoms with Gasteiger partial charge in [0.25, 0.3) is 0 Å². The summed E-state index contributed by atoms with van der Waals surface area (Å²) in [6, 6.07) is 5.38. The van der Waals surface area contributed by atoms with Gasteiger partial charge in [-0.2, -0.15) is 8.78 Å². The molecule has 0 bridgehead atoms. The van der Waals surface area contributed by atoms with Crippen LogP contribution in [-0.2, 0) is 5.92 Å². The van der Waals surface area contributed by atoms with Crippen LogP contribution in [0.2, 0.25) is 0 Å². The molecule has 3 rings (SSSR count). The van der Waals surface area contributed by atoms with Crippen molar-refractivity contribution in [2.75, 3.05) is 5.73 Å². The molecule has 98 valence electrons. The third-order valence-corrected chi connectivity index (χ3v) is 2.71. The Morgan fingerprint density at radius 2 is 1.85 bits per heavy atom. The molecule has 0 aliphatic carbocycles. The van der Waals surface area contributed by atoms with E-state index in [2.05, 4.69) is 20.4 Å². The van der Waals surface area contributed by atoms with Crippen LogP contribution in [0.15, 0.2) is 30.5 Å². The van der Waals surface area contributed by atoms with Gasteiger partial charge in [-0.1, -0.05) is 11.5 Å². The van der Waals surface area contributed by atoms with E-state index in [0.717, 1.165) is 10.5 Å². The van der Waals surface area contributed by atoms with Gasteiger partial charge in [-0.3, -0.25) is 4.40 Å². The van der Waals surface area contributed by atoms with E-state index < -0.39 is 17.4 Å². The number of nitrogens with zero attached hydrogens (tertiary/aromatic N) is 5. The van der Waals surface area contributed by atoms with Crippen LogP contribution in [0.4, 0.5) is 14.6 Å². The summed E-state index contributed by atoms with van der Waals surface area (Å²) in [4.78, 5) is 0. The zero-order chi connectivity index (χ0) is 14.3. The minimum atomic E-state index is -3.46. The van der Waals surface area contributed by atoms with Gasteiger partial charge in [0.2, 0.25) is 5.82 Å². The first kappa shape index (κ1) is 12.5. The highest BCUT2D eigenvalue weighted by atomic mass is 19.3. The van der Waals surface area contributed by atoms with E-state index in [9.17, 15) is 8.78 Å². The monoisotopic (exact) mass is 272 g/mol. The molecule has 0 aromatic carbocycles. The van der Waals surface area contributed by atoms with E-state index in [0.29, 0.717) is 5.46 Å². The van der Waals surface area contributed by atoms with E-state index in [1.807, 2.05) is 0 Å². The predicted octanol–water partition coefficient (Wildman–Crippen LogP) is 0.0354. The Hall–Kier alpha value is -2.58. The number of fused-ring (bicyclic) bond motifs is 1. The van der Waals surface area contributed by atoms with Gasteiger partial charge in [-0.15, -0.1) is 20.4 Å². The summed E-state index contributed by atoms with van der Waals surface area (Å²) in [6.45, 7) is 0. The number of pyridine rings is 1. The quantitative estimate of drug-likeness (QED) is 0.666. The van der Waals surface area contributed by atoms with Gasteiger partial charge in [0.15, 0.2) is 5.65 Å². The molecular formula is C11H7BF2N6. The second-order valence-corrected chi connectivity index (χ2v) is 4.13. The minimum Gasteiger partial charge on any atom is -0.382 e. The first-order valence-corrected chi connectivity index (χ1v) is 5.57. The summed E-state index contributed by atoms with van der Waals surface area (Å²) in [5, 5.41) is 14.0. The Morgan fingerprint density at radius 3 is 2.55 bits per heavy atom. The number of nitrogen functional groups attached to an aromatic ring is 1. The van der Waals surface area contributed by atoms with Gasteiger partial charge in [0.05, 0.1) is 0 Å². The normalized spacial score (nSPS) is 11.9. The third-order valence-electron chi connectivity index (χ3n) is 2.71. The summed E-state index contributed by atoms with van der Waals surface area (Å²) in [7, 11) is 5.59. The lowest BCUT2D eigenvalue weighted by Gasteiger charge is -2.13. The highest BCUT2D eigenvalue weighted by Gasteiger charge is 2.41. The fraction of sp³-hybridized carbons (Fsp3) is 0.0909. The molecule has 3 heterocycles. The number of rotatable bonds is 2. The topological polar surface area (TPSA) is 82.0 Å². The number of nitrogens with two attached hydrogens (primary N) is 1. The van der Waals surface area contributed by atoms with Crippen molar-refractivity contribution in [3.63, 3.8) is 0 Å². The summed E-state index contributed by atoms with van der Waals surface area (Å²) >= 11 is 0. The molecule has 0 atom stereocenters. The van der Waals surface area contributed by atoms with Gasteiger partial charge in [0.1, 0.15) is 19.4 Å². The average molecular weight is 272 g/mol. The molecule has 0 saturated carbocycles. The molecule has 3 aromatic rings. The van der Waals surface area contributed by atoms with Gasteiger partial charge in [0, 0.05) is 6.20 Å². The minimum absolute atomic E-state index is 0.0555. The lowest BCUT2D eigenvalue weighted by molar-refractivity contribution is 0.0261. The summed E-state index contributed by atoms with van der Waals surface area (Å²) in [5.41, 5.74) is 5.34. The van der Waals surface area contributed by atoms with E-state index in [4.69, 9.17) is 13.6 Å². The molecule has 0 amide bonds.